The van der Waals surface area contributed by atoms with Gasteiger partial charge in [-0.15, -0.1) is 0 Å². The number of pyridine rings is 1. The van der Waals surface area contributed by atoms with Crippen LogP contribution in [0.5, 0.6) is 0 Å². The van der Waals surface area contributed by atoms with Gasteiger partial charge in [-0.2, -0.15) is 4.31 Å². The second-order valence-electron chi connectivity index (χ2n) is 7.24. The highest BCUT2D eigenvalue weighted by atomic mass is 32.2. The van der Waals surface area contributed by atoms with Gasteiger partial charge in [-0.25, -0.2) is 13.4 Å². The van der Waals surface area contributed by atoms with E-state index in [1.54, 1.807) is 29.2 Å². The molecule has 0 bridgehead atoms. The lowest BCUT2D eigenvalue weighted by Crippen LogP contribution is -2.50. The van der Waals surface area contributed by atoms with Crippen molar-refractivity contribution < 1.29 is 13.2 Å². The van der Waals surface area contributed by atoms with E-state index in [1.165, 1.54) is 4.31 Å². The first-order chi connectivity index (χ1) is 13.3. The molecule has 1 saturated heterocycles. The molecule has 1 aromatic heterocycles. The zero-order valence-electron chi connectivity index (χ0n) is 16.6. The third-order valence-electron chi connectivity index (χ3n) is 5.33. The Morgan fingerprint density at radius 3 is 2.29 bits per heavy atom. The van der Waals surface area contributed by atoms with Crippen LogP contribution in [0.15, 0.2) is 47.4 Å². The molecule has 1 aromatic carbocycles. The minimum Gasteiger partial charge on any atom is -0.335 e. The van der Waals surface area contributed by atoms with Crippen molar-refractivity contribution >= 4 is 15.9 Å². The fourth-order valence-corrected chi connectivity index (χ4v) is 4.73. The Morgan fingerprint density at radius 1 is 1.07 bits per heavy atom. The van der Waals surface area contributed by atoms with Gasteiger partial charge < -0.3 is 4.90 Å². The van der Waals surface area contributed by atoms with Crippen molar-refractivity contribution in [1.82, 2.24) is 14.2 Å². The summed E-state index contributed by atoms with van der Waals surface area (Å²) < 4.78 is 27.3. The molecule has 3 rings (SSSR count). The fourth-order valence-electron chi connectivity index (χ4n) is 3.31. The van der Waals surface area contributed by atoms with Gasteiger partial charge in [0.15, 0.2) is 0 Å². The standard InChI is InChI=1S/C21H27N3O3S/c1-4-16(2)18-8-10-19(11-9-18)28(26,27)24-14-12-23(13-15-24)21(25)20-7-5-6-17(3)22-20/h5-11,16H,4,12-15H2,1-3H3. The number of hydrogen-bond acceptors (Lipinski definition) is 4. The van der Waals surface area contributed by atoms with Crippen LogP contribution in [-0.4, -0.2) is 54.7 Å². The number of benzene rings is 1. The van der Waals surface area contributed by atoms with Crippen LogP contribution in [0, 0.1) is 6.92 Å². The van der Waals surface area contributed by atoms with E-state index in [9.17, 15) is 13.2 Å². The maximum atomic E-state index is 12.9. The normalized spacial score (nSPS) is 16.8. The number of carbonyl (C=O) groups is 1. The molecule has 0 aliphatic carbocycles. The molecule has 1 fully saturated rings. The highest BCUT2D eigenvalue weighted by molar-refractivity contribution is 7.89. The molecule has 0 radical (unpaired) electrons. The van der Waals surface area contributed by atoms with Crippen molar-refractivity contribution in [1.29, 1.82) is 0 Å². The Hall–Kier alpha value is -2.25. The van der Waals surface area contributed by atoms with Gasteiger partial charge >= 0.3 is 0 Å². The molecule has 1 aliphatic rings. The number of piperazine rings is 1. The minimum absolute atomic E-state index is 0.154. The summed E-state index contributed by atoms with van der Waals surface area (Å²) in [5.41, 5.74) is 2.33. The molecular formula is C21H27N3O3S. The van der Waals surface area contributed by atoms with E-state index in [4.69, 9.17) is 0 Å². The lowest BCUT2D eigenvalue weighted by molar-refractivity contribution is 0.0691. The van der Waals surface area contributed by atoms with Crippen molar-refractivity contribution in [3.63, 3.8) is 0 Å². The second kappa shape index (κ2) is 8.41. The Balaban J connectivity index is 1.67. The summed E-state index contributed by atoms with van der Waals surface area (Å²) in [4.78, 5) is 18.8. The molecule has 1 amide bonds. The zero-order chi connectivity index (χ0) is 20.3. The van der Waals surface area contributed by atoms with Gasteiger partial charge in [0.25, 0.3) is 5.91 Å². The molecule has 28 heavy (non-hydrogen) atoms. The van der Waals surface area contributed by atoms with Crippen molar-refractivity contribution in [2.45, 2.75) is 38.0 Å². The molecular weight excluding hydrogens is 374 g/mol. The smallest absolute Gasteiger partial charge is 0.272 e. The van der Waals surface area contributed by atoms with E-state index in [-0.39, 0.29) is 19.0 Å². The summed E-state index contributed by atoms with van der Waals surface area (Å²) >= 11 is 0. The Morgan fingerprint density at radius 2 is 1.71 bits per heavy atom. The van der Waals surface area contributed by atoms with E-state index in [2.05, 4.69) is 18.8 Å². The van der Waals surface area contributed by atoms with Gasteiger partial charge in [-0.05, 0) is 49.1 Å². The quantitative estimate of drug-likeness (QED) is 0.772. The van der Waals surface area contributed by atoms with Crippen LogP contribution >= 0.6 is 0 Å². The van der Waals surface area contributed by atoms with Gasteiger partial charge in [-0.1, -0.05) is 32.0 Å². The molecule has 0 N–H and O–H groups in total. The molecule has 0 spiro atoms. The largest absolute Gasteiger partial charge is 0.335 e. The molecule has 2 aromatic rings. The summed E-state index contributed by atoms with van der Waals surface area (Å²) in [6, 6.07) is 12.5. The molecule has 150 valence electrons. The van der Waals surface area contributed by atoms with Crippen molar-refractivity contribution in [2.24, 2.45) is 0 Å². The monoisotopic (exact) mass is 401 g/mol. The van der Waals surface area contributed by atoms with Crippen LogP contribution in [0.1, 0.15) is 47.9 Å². The number of carbonyl (C=O) groups excluding carboxylic acids is 1. The number of nitrogens with zero attached hydrogens (tertiary/aromatic N) is 3. The lowest BCUT2D eigenvalue weighted by Gasteiger charge is -2.33. The predicted octanol–water partition coefficient (Wildman–Crippen LogP) is 3.05. The van der Waals surface area contributed by atoms with E-state index < -0.39 is 10.0 Å². The second-order valence-corrected chi connectivity index (χ2v) is 9.18. The highest BCUT2D eigenvalue weighted by Crippen LogP contribution is 2.23. The summed E-state index contributed by atoms with van der Waals surface area (Å²) in [6.45, 7) is 7.37. The lowest BCUT2D eigenvalue weighted by atomic mass is 9.99. The van der Waals surface area contributed by atoms with Crippen LogP contribution in [0.3, 0.4) is 0 Å². The topological polar surface area (TPSA) is 70.6 Å². The van der Waals surface area contributed by atoms with Gasteiger partial charge in [-0.3, -0.25) is 4.79 Å². The van der Waals surface area contributed by atoms with Gasteiger partial charge in [0, 0.05) is 31.9 Å². The summed E-state index contributed by atoms with van der Waals surface area (Å²) in [6.07, 6.45) is 1.01. The van der Waals surface area contributed by atoms with Crippen LogP contribution < -0.4 is 0 Å². The third kappa shape index (κ3) is 4.25. The summed E-state index contributed by atoms with van der Waals surface area (Å²) in [5.74, 6) is 0.250. The predicted molar refractivity (Wildman–Crippen MR) is 109 cm³/mol. The van der Waals surface area contributed by atoms with Crippen LogP contribution in [-0.2, 0) is 10.0 Å². The molecule has 7 heteroatoms. The van der Waals surface area contributed by atoms with Gasteiger partial charge in [0.1, 0.15) is 5.69 Å². The summed E-state index contributed by atoms with van der Waals surface area (Å²) in [7, 11) is -3.55. The van der Waals surface area contributed by atoms with E-state index in [1.807, 2.05) is 25.1 Å². The van der Waals surface area contributed by atoms with E-state index in [0.29, 0.717) is 29.6 Å². The number of hydrogen-bond donors (Lipinski definition) is 0. The molecule has 2 heterocycles. The molecule has 1 unspecified atom stereocenters. The van der Waals surface area contributed by atoms with Crippen molar-refractivity contribution in [2.75, 3.05) is 26.2 Å². The molecule has 1 aliphatic heterocycles. The Bertz CT molecular complexity index is 934. The average molecular weight is 402 g/mol. The zero-order valence-corrected chi connectivity index (χ0v) is 17.4. The van der Waals surface area contributed by atoms with Crippen molar-refractivity contribution in [3.05, 3.63) is 59.4 Å². The Kier molecular flexibility index (Phi) is 6.15. The van der Waals surface area contributed by atoms with Gasteiger partial charge in [0.05, 0.1) is 4.90 Å². The van der Waals surface area contributed by atoms with E-state index in [0.717, 1.165) is 17.7 Å². The molecule has 6 nitrogen and oxygen atoms in total. The van der Waals surface area contributed by atoms with Crippen LogP contribution in [0.4, 0.5) is 0 Å². The number of amides is 1. The Labute approximate surface area is 167 Å². The first kappa shape index (κ1) is 20.5. The number of aromatic nitrogens is 1. The van der Waals surface area contributed by atoms with Gasteiger partial charge in [0.2, 0.25) is 10.0 Å². The van der Waals surface area contributed by atoms with Crippen molar-refractivity contribution in [3.8, 4) is 0 Å². The SMILES string of the molecule is CCC(C)c1ccc(S(=O)(=O)N2CCN(C(=O)c3cccc(C)n3)CC2)cc1. The third-order valence-corrected chi connectivity index (χ3v) is 7.25. The number of sulfonamides is 1. The maximum Gasteiger partial charge on any atom is 0.272 e. The van der Waals surface area contributed by atoms with Crippen LogP contribution in [0.25, 0.3) is 0 Å². The fraction of sp³-hybridized carbons (Fsp3) is 0.429. The highest BCUT2D eigenvalue weighted by Gasteiger charge is 2.30. The molecule has 0 saturated carbocycles. The minimum atomic E-state index is -3.55. The summed E-state index contributed by atoms with van der Waals surface area (Å²) in [5, 5.41) is 0. The average Bonchev–Trinajstić information content (AvgIpc) is 2.72. The first-order valence-corrected chi connectivity index (χ1v) is 11.1. The number of aryl methyl sites for hydroxylation is 1. The maximum absolute atomic E-state index is 12.9. The van der Waals surface area contributed by atoms with E-state index >= 15 is 0 Å². The number of rotatable bonds is 5. The van der Waals surface area contributed by atoms with Crippen LogP contribution in [0.2, 0.25) is 0 Å². The first-order valence-electron chi connectivity index (χ1n) is 9.66. The molecule has 1 atom stereocenters.